The molecule has 1 heterocycles. The van der Waals surface area contributed by atoms with Gasteiger partial charge in [-0.05, 0) is 24.3 Å². The maximum atomic E-state index is 11.6. The molecule has 0 fully saturated rings. The quantitative estimate of drug-likeness (QED) is 0.718. The van der Waals surface area contributed by atoms with E-state index in [-0.39, 0.29) is 12.5 Å². The summed E-state index contributed by atoms with van der Waals surface area (Å²) >= 11 is 3.49. The minimum Gasteiger partial charge on any atom is -0.484 e. The lowest BCUT2D eigenvalue weighted by atomic mass is 10.2. The number of aromatic nitrogens is 1. The summed E-state index contributed by atoms with van der Waals surface area (Å²) in [6.45, 7) is 0.182. The third-order valence-electron chi connectivity index (χ3n) is 3.38. The van der Waals surface area contributed by atoms with Gasteiger partial charge in [0.25, 0.3) is 5.91 Å². The van der Waals surface area contributed by atoms with E-state index in [0.29, 0.717) is 23.0 Å². The van der Waals surface area contributed by atoms with Crippen molar-refractivity contribution >= 4 is 21.8 Å². The van der Waals surface area contributed by atoms with Gasteiger partial charge >= 0.3 is 0 Å². The number of carbonyl (C=O) groups excluding carboxylic acids is 1. The Kier molecular flexibility index (Phi) is 4.96. The molecule has 0 unspecified atom stereocenters. The van der Waals surface area contributed by atoms with Crippen LogP contribution < -0.4 is 10.1 Å². The van der Waals surface area contributed by atoms with Gasteiger partial charge in [-0.2, -0.15) is 0 Å². The Morgan fingerprint density at radius 3 is 2.88 bits per heavy atom. The third kappa shape index (κ3) is 3.65. The Bertz CT molecular complexity index is 861. The van der Waals surface area contributed by atoms with Crippen molar-refractivity contribution in [1.82, 2.24) is 10.3 Å². The number of benzene rings is 2. The summed E-state index contributed by atoms with van der Waals surface area (Å²) in [7, 11) is 1.59. The van der Waals surface area contributed by atoms with Gasteiger partial charge in [0, 0.05) is 22.6 Å². The van der Waals surface area contributed by atoms with Crippen LogP contribution in [-0.4, -0.2) is 17.9 Å². The van der Waals surface area contributed by atoms with Crippen LogP contribution >= 0.6 is 15.9 Å². The molecule has 0 saturated heterocycles. The number of hydrogen-bond donors (Lipinski definition) is 1. The SMILES string of the molecule is CNC(=O)c1cccc(OCc2ncc(-c3ccccc3Br)o2)c1. The number of oxazole rings is 1. The number of carbonyl (C=O) groups is 1. The highest BCUT2D eigenvalue weighted by Crippen LogP contribution is 2.28. The Balaban J connectivity index is 1.70. The molecule has 24 heavy (non-hydrogen) atoms. The van der Waals surface area contributed by atoms with Gasteiger partial charge in [0.1, 0.15) is 5.75 Å². The van der Waals surface area contributed by atoms with Gasteiger partial charge in [0.05, 0.1) is 6.20 Å². The number of halogens is 1. The van der Waals surface area contributed by atoms with Gasteiger partial charge in [-0.3, -0.25) is 4.79 Å². The Hall–Kier alpha value is -2.60. The Morgan fingerprint density at radius 2 is 2.08 bits per heavy atom. The smallest absolute Gasteiger partial charge is 0.251 e. The molecule has 0 atom stereocenters. The molecule has 5 nitrogen and oxygen atoms in total. The first-order valence-electron chi connectivity index (χ1n) is 7.32. The molecule has 0 aliphatic rings. The van der Waals surface area contributed by atoms with Crippen LogP contribution in [0.5, 0.6) is 5.75 Å². The maximum absolute atomic E-state index is 11.6. The molecule has 1 N–H and O–H groups in total. The zero-order valence-electron chi connectivity index (χ0n) is 13.0. The number of nitrogens with zero attached hydrogens (tertiary/aromatic N) is 1. The van der Waals surface area contributed by atoms with Crippen molar-refractivity contribution in [1.29, 1.82) is 0 Å². The summed E-state index contributed by atoms with van der Waals surface area (Å²) in [5, 5.41) is 2.58. The van der Waals surface area contributed by atoms with E-state index in [0.717, 1.165) is 10.0 Å². The van der Waals surface area contributed by atoms with Crippen LogP contribution in [0.25, 0.3) is 11.3 Å². The topological polar surface area (TPSA) is 64.4 Å². The van der Waals surface area contributed by atoms with Crippen molar-refractivity contribution < 1.29 is 13.9 Å². The normalized spacial score (nSPS) is 10.4. The summed E-state index contributed by atoms with van der Waals surface area (Å²) in [6.07, 6.45) is 1.67. The number of amides is 1. The Morgan fingerprint density at radius 1 is 1.25 bits per heavy atom. The predicted molar refractivity (Wildman–Crippen MR) is 93.8 cm³/mol. The van der Waals surface area contributed by atoms with Gasteiger partial charge < -0.3 is 14.5 Å². The zero-order valence-corrected chi connectivity index (χ0v) is 14.5. The van der Waals surface area contributed by atoms with Crippen LogP contribution in [0.1, 0.15) is 16.2 Å². The summed E-state index contributed by atoms with van der Waals surface area (Å²) in [5.41, 5.74) is 1.47. The first kappa shape index (κ1) is 16.3. The first-order valence-corrected chi connectivity index (χ1v) is 8.11. The van der Waals surface area contributed by atoms with Crippen LogP contribution in [0.3, 0.4) is 0 Å². The monoisotopic (exact) mass is 386 g/mol. The number of nitrogens with one attached hydrogen (secondary N) is 1. The molecule has 0 aliphatic carbocycles. The molecule has 0 bridgehead atoms. The molecule has 1 aromatic heterocycles. The van der Waals surface area contributed by atoms with Crippen molar-refractivity contribution in [2.45, 2.75) is 6.61 Å². The highest BCUT2D eigenvalue weighted by Gasteiger charge is 2.10. The molecule has 122 valence electrons. The molecular weight excluding hydrogens is 372 g/mol. The average Bonchev–Trinajstić information content (AvgIpc) is 3.08. The lowest BCUT2D eigenvalue weighted by Gasteiger charge is -2.05. The highest BCUT2D eigenvalue weighted by atomic mass is 79.9. The van der Waals surface area contributed by atoms with E-state index in [1.54, 1.807) is 37.5 Å². The third-order valence-corrected chi connectivity index (χ3v) is 4.07. The molecule has 0 aliphatic heterocycles. The van der Waals surface area contributed by atoms with Crippen LogP contribution in [-0.2, 0) is 6.61 Å². The summed E-state index contributed by atoms with van der Waals surface area (Å²) in [6, 6.07) is 14.7. The summed E-state index contributed by atoms with van der Waals surface area (Å²) in [4.78, 5) is 15.9. The summed E-state index contributed by atoms with van der Waals surface area (Å²) < 4.78 is 12.3. The number of ether oxygens (including phenoxy) is 1. The van der Waals surface area contributed by atoms with Gasteiger partial charge in [0.2, 0.25) is 5.89 Å². The minimum atomic E-state index is -0.159. The number of hydrogen-bond acceptors (Lipinski definition) is 4. The van der Waals surface area contributed by atoms with Gasteiger partial charge in [-0.15, -0.1) is 0 Å². The molecule has 6 heteroatoms. The molecule has 0 spiro atoms. The average molecular weight is 387 g/mol. The second-order valence-corrected chi connectivity index (χ2v) is 5.85. The first-order chi connectivity index (χ1) is 11.7. The molecule has 3 rings (SSSR count). The van der Waals surface area contributed by atoms with E-state index >= 15 is 0 Å². The van der Waals surface area contributed by atoms with Crippen molar-refractivity contribution in [2.24, 2.45) is 0 Å². The van der Waals surface area contributed by atoms with Crippen molar-refractivity contribution in [2.75, 3.05) is 7.05 Å². The summed E-state index contributed by atoms with van der Waals surface area (Å²) in [5.74, 6) is 1.55. The van der Waals surface area contributed by atoms with E-state index in [9.17, 15) is 4.79 Å². The molecule has 0 saturated carbocycles. The van der Waals surface area contributed by atoms with Crippen molar-refractivity contribution in [3.63, 3.8) is 0 Å². The lowest BCUT2D eigenvalue weighted by molar-refractivity contribution is 0.0962. The second-order valence-electron chi connectivity index (χ2n) is 4.99. The van der Waals surface area contributed by atoms with Crippen LogP contribution in [0.4, 0.5) is 0 Å². The van der Waals surface area contributed by atoms with Gasteiger partial charge in [-0.25, -0.2) is 4.98 Å². The fraction of sp³-hybridized carbons (Fsp3) is 0.111. The minimum absolute atomic E-state index is 0.159. The number of rotatable bonds is 5. The van der Waals surface area contributed by atoms with Crippen molar-refractivity contribution in [3.05, 3.63) is 70.7 Å². The highest BCUT2D eigenvalue weighted by molar-refractivity contribution is 9.10. The van der Waals surface area contributed by atoms with E-state index in [1.165, 1.54) is 0 Å². The fourth-order valence-electron chi connectivity index (χ4n) is 2.18. The largest absolute Gasteiger partial charge is 0.484 e. The molecule has 0 radical (unpaired) electrons. The molecule has 1 amide bonds. The van der Waals surface area contributed by atoms with E-state index in [2.05, 4.69) is 26.2 Å². The van der Waals surface area contributed by atoms with Crippen LogP contribution in [0, 0.1) is 0 Å². The lowest BCUT2D eigenvalue weighted by Crippen LogP contribution is -2.17. The molecular formula is C18H15BrN2O3. The standard InChI is InChI=1S/C18H15BrN2O3/c1-20-18(22)12-5-4-6-13(9-12)23-11-17-21-10-16(24-17)14-7-2-3-8-15(14)19/h2-10H,11H2,1H3,(H,20,22). The zero-order chi connectivity index (χ0) is 16.9. The maximum Gasteiger partial charge on any atom is 0.251 e. The van der Waals surface area contributed by atoms with E-state index < -0.39 is 0 Å². The second kappa shape index (κ2) is 7.31. The van der Waals surface area contributed by atoms with E-state index in [1.807, 2.05) is 24.3 Å². The van der Waals surface area contributed by atoms with Crippen LogP contribution in [0.15, 0.2) is 63.6 Å². The van der Waals surface area contributed by atoms with Crippen molar-refractivity contribution in [3.8, 4) is 17.1 Å². The van der Waals surface area contributed by atoms with Gasteiger partial charge in [-0.1, -0.05) is 40.2 Å². The fourth-order valence-corrected chi connectivity index (χ4v) is 2.66. The van der Waals surface area contributed by atoms with Gasteiger partial charge in [0.15, 0.2) is 12.4 Å². The molecule has 2 aromatic carbocycles. The van der Waals surface area contributed by atoms with E-state index in [4.69, 9.17) is 9.15 Å². The Labute approximate surface area is 147 Å². The molecule has 3 aromatic rings. The van der Waals surface area contributed by atoms with Crippen LogP contribution in [0.2, 0.25) is 0 Å². The predicted octanol–water partition coefficient (Wildman–Crippen LogP) is 4.04.